The highest BCUT2D eigenvalue weighted by molar-refractivity contribution is 5.94. The highest BCUT2D eigenvalue weighted by Crippen LogP contribution is 2.30. The second-order valence-electron chi connectivity index (χ2n) is 9.58. The topological polar surface area (TPSA) is 103 Å². The molecule has 4 aromatic rings. The van der Waals surface area contributed by atoms with E-state index in [4.69, 9.17) is 5.73 Å². The average Bonchev–Trinajstić information content (AvgIpc) is 3.30. The first-order valence-corrected chi connectivity index (χ1v) is 12.6. The van der Waals surface area contributed by atoms with Gasteiger partial charge in [-0.1, -0.05) is 12.1 Å². The molecular formula is C29H26F3N5O2. The van der Waals surface area contributed by atoms with E-state index in [1.807, 2.05) is 0 Å². The molecule has 5 rings (SSSR count). The monoisotopic (exact) mass is 533 g/mol. The lowest BCUT2D eigenvalue weighted by atomic mass is 9.94. The number of nitrogens with two attached hydrogens (primary N) is 1. The first-order chi connectivity index (χ1) is 18.8. The molecule has 0 radical (unpaired) electrons. The van der Waals surface area contributed by atoms with Crippen molar-refractivity contribution in [1.82, 2.24) is 20.1 Å². The summed E-state index contributed by atoms with van der Waals surface area (Å²) in [6.07, 6.45) is 7.20. The van der Waals surface area contributed by atoms with Gasteiger partial charge in [0.05, 0.1) is 23.5 Å². The van der Waals surface area contributed by atoms with E-state index in [1.54, 1.807) is 23.0 Å². The van der Waals surface area contributed by atoms with E-state index in [0.29, 0.717) is 22.4 Å². The molecule has 0 aliphatic heterocycles. The molecule has 7 nitrogen and oxygen atoms in total. The van der Waals surface area contributed by atoms with Crippen molar-refractivity contribution >= 4 is 11.8 Å². The van der Waals surface area contributed by atoms with Crippen molar-refractivity contribution in [3.8, 4) is 11.1 Å². The standard InChI is InChI=1S/C29H26F3N5O2/c30-20-10-17(11-21(31)14-20)12-25(36-27(38)16-37-26-6-2-1-4-19(26)15-35-37)28-22(5-3-9-34-28)18-7-8-24(32)23(13-18)29(33)39/h3,5,7-11,13-15,25H,1-2,4,6,12,16H2,(H2,33,39)(H,36,38)/t25-/m0/s1. The van der Waals surface area contributed by atoms with Gasteiger partial charge < -0.3 is 11.1 Å². The Morgan fingerprint density at radius 1 is 1.03 bits per heavy atom. The number of aryl methyl sites for hydroxylation is 1. The van der Waals surface area contributed by atoms with Gasteiger partial charge in [-0.05, 0) is 79.1 Å². The van der Waals surface area contributed by atoms with Crippen LogP contribution in [-0.4, -0.2) is 26.6 Å². The molecule has 1 atom stereocenters. The van der Waals surface area contributed by atoms with Crippen molar-refractivity contribution in [2.75, 3.05) is 0 Å². The predicted octanol–water partition coefficient (Wildman–Crippen LogP) is 4.44. The molecule has 0 saturated carbocycles. The maximum atomic E-state index is 14.2. The summed E-state index contributed by atoms with van der Waals surface area (Å²) in [6.45, 7) is -0.0338. The summed E-state index contributed by atoms with van der Waals surface area (Å²) >= 11 is 0. The minimum absolute atomic E-state index is 0.0194. The van der Waals surface area contributed by atoms with Gasteiger partial charge in [-0.3, -0.25) is 19.3 Å². The lowest BCUT2D eigenvalue weighted by Crippen LogP contribution is -2.34. The second-order valence-corrected chi connectivity index (χ2v) is 9.58. The number of aromatic nitrogens is 3. The lowest BCUT2D eigenvalue weighted by Gasteiger charge is -2.22. The molecule has 2 amide bonds. The fourth-order valence-electron chi connectivity index (χ4n) is 5.07. The fraction of sp³-hybridized carbons (Fsp3) is 0.241. The summed E-state index contributed by atoms with van der Waals surface area (Å²) in [6, 6.07) is 9.61. The third kappa shape index (κ3) is 5.84. The molecular weight excluding hydrogens is 507 g/mol. The van der Waals surface area contributed by atoms with Crippen molar-refractivity contribution in [3.05, 3.63) is 106 Å². The van der Waals surface area contributed by atoms with E-state index >= 15 is 0 Å². The number of rotatable bonds is 8. The Morgan fingerprint density at radius 3 is 2.56 bits per heavy atom. The van der Waals surface area contributed by atoms with Crippen LogP contribution in [0.25, 0.3) is 11.1 Å². The van der Waals surface area contributed by atoms with Gasteiger partial charge in [-0.2, -0.15) is 5.10 Å². The van der Waals surface area contributed by atoms with Gasteiger partial charge in [0.25, 0.3) is 5.91 Å². The van der Waals surface area contributed by atoms with Gasteiger partial charge in [0.1, 0.15) is 24.0 Å². The summed E-state index contributed by atoms with van der Waals surface area (Å²) in [5, 5.41) is 7.34. The first kappa shape index (κ1) is 26.1. The van der Waals surface area contributed by atoms with Crippen LogP contribution in [0.5, 0.6) is 0 Å². The number of fused-ring (bicyclic) bond motifs is 1. The third-order valence-electron chi connectivity index (χ3n) is 6.85. The number of pyridine rings is 1. The minimum atomic E-state index is -0.928. The van der Waals surface area contributed by atoms with E-state index in [2.05, 4.69) is 15.4 Å². The van der Waals surface area contributed by atoms with E-state index in [0.717, 1.165) is 49.1 Å². The van der Waals surface area contributed by atoms with E-state index in [1.165, 1.54) is 30.5 Å². The zero-order valence-electron chi connectivity index (χ0n) is 21.0. The van der Waals surface area contributed by atoms with Crippen LogP contribution in [0.2, 0.25) is 0 Å². The van der Waals surface area contributed by atoms with Crippen molar-refractivity contribution in [1.29, 1.82) is 0 Å². The van der Waals surface area contributed by atoms with Crippen LogP contribution in [-0.2, 0) is 30.6 Å². The van der Waals surface area contributed by atoms with Crippen molar-refractivity contribution in [2.45, 2.75) is 44.7 Å². The van der Waals surface area contributed by atoms with Crippen LogP contribution in [0, 0.1) is 17.5 Å². The van der Waals surface area contributed by atoms with Gasteiger partial charge in [-0.15, -0.1) is 0 Å². The smallest absolute Gasteiger partial charge is 0.251 e. The second kappa shape index (κ2) is 11.1. The van der Waals surface area contributed by atoms with Gasteiger partial charge in [0, 0.05) is 23.5 Å². The maximum absolute atomic E-state index is 14.2. The summed E-state index contributed by atoms with van der Waals surface area (Å²) < 4.78 is 43.9. The van der Waals surface area contributed by atoms with Crippen molar-refractivity contribution < 1.29 is 22.8 Å². The molecule has 0 fully saturated rings. The average molecular weight is 534 g/mol. The number of hydrogen-bond acceptors (Lipinski definition) is 4. The Labute approximate surface area is 222 Å². The summed E-state index contributed by atoms with van der Waals surface area (Å²) in [7, 11) is 0. The number of benzene rings is 2. The Balaban J connectivity index is 1.51. The van der Waals surface area contributed by atoms with Crippen LogP contribution in [0.1, 0.15) is 51.8 Å². The molecule has 39 heavy (non-hydrogen) atoms. The highest BCUT2D eigenvalue weighted by atomic mass is 19.1. The molecule has 0 saturated heterocycles. The number of carbonyl (C=O) groups excluding carboxylic acids is 2. The summed E-state index contributed by atoms with van der Waals surface area (Å²) in [5.41, 5.74) is 8.84. The van der Waals surface area contributed by atoms with E-state index < -0.39 is 29.4 Å². The largest absolute Gasteiger partial charge is 0.366 e. The molecule has 2 heterocycles. The predicted molar refractivity (Wildman–Crippen MR) is 138 cm³/mol. The van der Waals surface area contributed by atoms with Crippen LogP contribution in [0.15, 0.2) is 60.9 Å². The lowest BCUT2D eigenvalue weighted by molar-refractivity contribution is -0.122. The van der Waals surface area contributed by atoms with Gasteiger partial charge in [0.2, 0.25) is 5.91 Å². The summed E-state index contributed by atoms with van der Waals surface area (Å²) in [5.74, 6) is -3.54. The Hall–Kier alpha value is -4.47. The third-order valence-corrected chi connectivity index (χ3v) is 6.85. The van der Waals surface area contributed by atoms with Crippen LogP contribution >= 0.6 is 0 Å². The Bertz CT molecular complexity index is 1530. The highest BCUT2D eigenvalue weighted by Gasteiger charge is 2.24. The quantitative estimate of drug-likeness (QED) is 0.350. The van der Waals surface area contributed by atoms with Gasteiger partial charge >= 0.3 is 0 Å². The Kier molecular flexibility index (Phi) is 7.44. The molecule has 0 spiro atoms. The molecule has 0 bridgehead atoms. The molecule has 1 aliphatic rings. The molecule has 200 valence electrons. The number of carbonyl (C=O) groups is 2. The number of halogens is 3. The number of nitrogens with zero attached hydrogens (tertiary/aromatic N) is 3. The van der Waals surface area contributed by atoms with Crippen LogP contribution < -0.4 is 11.1 Å². The SMILES string of the molecule is NC(=O)c1cc(-c2cccnc2[C@H](Cc2cc(F)cc(F)c2)NC(=O)Cn2ncc3c2CCCC3)ccc1F. The summed E-state index contributed by atoms with van der Waals surface area (Å²) in [4.78, 5) is 29.5. The van der Waals surface area contributed by atoms with E-state index in [-0.39, 0.29) is 24.4 Å². The fourth-order valence-corrected chi connectivity index (χ4v) is 5.07. The number of amides is 2. The van der Waals surface area contributed by atoms with Crippen molar-refractivity contribution in [3.63, 3.8) is 0 Å². The Morgan fingerprint density at radius 2 is 1.79 bits per heavy atom. The van der Waals surface area contributed by atoms with Gasteiger partial charge in [-0.25, -0.2) is 13.2 Å². The molecule has 1 aliphatic carbocycles. The number of hydrogen-bond donors (Lipinski definition) is 2. The normalized spacial score (nSPS) is 13.5. The van der Waals surface area contributed by atoms with Crippen molar-refractivity contribution in [2.24, 2.45) is 5.73 Å². The van der Waals surface area contributed by atoms with Gasteiger partial charge in [0.15, 0.2) is 0 Å². The molecule has 2 aromatic heterocycles. The van der Waals surface area contributed by atoms with E-state index in [9.17, 15) is 22.8 Å². The zero-order valence-corrected chi connectivity index (χ0v) is 21.0. The molecule has 2 aromatic carbocycles. The molecule has 0 unspecified atom stereocenters. The first-order valence-electron chi connectivity index (χ1n) is 12.6. The number of primary amides is 1. The minimum Gasteiger partial charge on any atom is -0.366 e. The number of nitrogens with one attached hydrogen (secondary N) is 1. The zero-order chi connectivity index (χ0) is 27.5. The van der Waals surface area contributed by atoms with Crippen LogP contribution in [0.3, 0.4) is 0 Å². The van der Waals surface area contributed by atoms with Crippen LogP contribution in [0.4, 0.5) is 13.2 Å². The molecule has 3 N–H and O–H groups in total. The molecule has 10 heteroatoms. The maximum Gasteiger partial charge on any atom is 0.251 e.